The van der Waals surface area contributed by atoms with E-state index >= 15 is 0 Å². The molecule has 1 aliphatic heterocycles. The molecular weight excluding hydrogens is 327 g/mol. The van der Waals surface area contributed by atoms with Crippen molar-refractivity contribution >= 4 is 11.6 Å². The summed E-state index contributed by atoms with van der Waals surface area (Å²) in [5, 5.41) is 3.04. The highest BCUT2D eigenvalue weighted by Crippen LogP contribution is 2.25. The predicted octanol–water partition coefficient (Wildman–Crippen LogP) is 4.58. The van der Waals surface area contributed by atoms with Crippen molar-refractivity contribution < 1.29 is 13.7 Å². The number of amides is 1. The number of rotatable bonds is 5. The van der Waals surface area contributed by atoms with Crippen LogP contribution in [0.2, 0.25) is 0 Å². The van der Waals surface area contributed by atoms with Gasteiger partial charge in [-0.05, 0) is 56.4 Å². The summed E-state index contributed by atoms with van der Waals surface area (Å²) in [5.74, 6) is -0.248. The second-order valence-electron chi connectivity index (χ2n) is 7.61. The van der Waals surface area contributed by atoms with Gasteiger partial charge in [-0.15, -0.1) is 0 Å². The number of quaternary nitrogens is 1. The molecule has 1 amide bonds. The van der Waals surface area contributed by atoms with E-state index in [1.54, 1.807) is 0 Å². The summed E-state index contributed by atoms with van der Waals surface area (Å²) in [7, 11) is 0. The lowest BCUT2D eigenvalue weighted by Crippen LogP contribution is -2.54. The van der Waals surface area contributed by atoms with E-state index in [-0.39, 0.29) is 11.7 Å². The van der Waals surface area contributed by atoms with Gasteiger partial charge in [0, 0.05) is 11.3 Å². The van der Waals surface area contributed by atoms with Crippen LogP contribution in [-0.4, -0.2) is 30.0 Å². The largest absolute Gasteiger partial charge is 0.321 e. The van der Waals surface area contributed by atoms with Crippen LogP contribution in [0.4, 0.5) is 10.1 Å². The third-order valence-corrected chi connectivity index (χ3v) is 5.37. The Labute approximate surface area is 155 Å². The van der Waals surface area contributed by atoms with Crippen molar-refractivity contribution in [1.29, 1.82) is 0 Å². The summed E-state index contributed by atoms with van der Waals surface area (Å²) < 4.78 is 14.3. The lowest BCUT2D eigenvalue weighted by Gasteiger charge is -2.41. The number of hydrogen-bond acceptors (Lipinski definition) is 1. The second kappa shape index (κ2) is 8.00. The monoisotopic (exact) mass is 355 g/mol. The smallest absolute Gasteiger partial charge is 0.279 e. The number of likely N-dealkylation sites (tertiary alicyclic amines) is 1. The highest BCUT2D eigenvalue weighted by atomic mass is 19.1. The molecular formula is C22H28FN2O+. The Kier molecular flexibility index (Phi) is 5.72. The maximum atomic E-state index is 13.5. The molecule has 2 aromatic carbocycles. The van der Waals surface area contributed by atoms with E-state index in [4.69, 9.17) is 0 Å². The molecule has 1 N–H and O–H groups in total. The number of halogens is 1. The maximum Gasteiger partial charge on any atom is 0.279 e. The Hall–Kier alpha value is -2.20. The third kappa shape index (κ3) is 4.50. The first kappa shape index (κ1) is 18.6. The normalized spacial score (nSPS) is 16.3. The summed E-state index contributed by atoms with van der Waals surface area (Å²) in [6, 6.07) is 13.4. The number of hydrogen-bond donors (Lipinski definition) is 1. The average molecular weight is 355 g/mol. The Bertz CT molecular complexity index is 744. The Morgan fingerprint density at radius 3 is 2.27 bits per heavy atom. The van der Waals surface area contributed by atoms with Crippen LogP contribution in [0.5, 0.6) is 0 Å². The van der Waals surface area contributed by atoms with Crippen LogP contribution in [0.1, 0.15) is 36.0 Å². The van der Waals surface area contributed by atoms with Crippen molar-refractivity contribution in [3.05, 3.63) is 65.0 Å². The Balaban J connectivity index is 1.76. The number of piperidine rings is 1. The molecule has 0 unspecified atom stereocenters. The zero-order valence-corrected chi connectivity index (χ0v) is 15.7. The van der Waals surface area contributed by atoms with Crippen LogP contribution in [-0.2, 0) is 11.3 Å². The van der Waals surface area contributed by atoms with E-state index < -0.39 is 0 Å². The second-order valence-corrected chi connectivity index (χ2v) is 7.61. The highest BCUT2D eigenvalue weighted by Gasteiger charge is 2.33. The van der Waals surface area contributed by atoms with Crippen molar-refractivity contribution in [2.45, 2.75) is 39.7 Å². The number of nitrogens with one attached hydrogen (secondary N) is 1. The van der Waals surface area contributed by atoms with E-state index in [0.29, 0.717) is 6.54 Å². The SMILES string of the molecule is Cc1cc(F)cc(C)c1NC(=O)C[N+]1(Cc2ccccc2)CCCCC1. The average Bonchev–Trinajstić information content (AvgIpc) is 2.59. The third-order valence-electron chi connectivity index (χ3n) is 5.37. The number of benzene rings is 2. The number of nitrogens with zero attached hydrogens (tertiary/aromatic N) is 1. The number of carbonyl (C=O) groups excluding carboxylic acids is 1. The van der Waals surface area contributed by atoms with Crippen LogP contribution < -0.4 is 5.32 Å². The van der Waals surface area contributed by atoms with E-state index in [2.05, 4.69) is 29.6 Å². The van der Waals surface area contributed by atoms with Gasteiger partial charge in [-0.25, -0.2) is 4.39 Å². The minimum Gasteiger partial charge on any atom is -0.321 e. The van der Waals surface area contributed by atoms with Gasteiger partial charge in [0.2, 0.25) is 0 Å². The van der Waals surface area contributed by atoms with Crippen LogP contribution in [0.3, 0.4) is 0 Å². The number of aryl methyl sites for hydroxylation is 2. The van der Waals surface area contributed by atoms with Gasteiger partial charge in [-0.3, -0.25) is 4.79 Å². The van der Waals surface area contributed by atoms with Crippen LogP contribution in [0.25, 0.3) is 0 Å². The summed E-state index contributed by atoms with van der Waals surface area (Å²) in [6.07, 6.45) is 3.57. The summed E-state index contributed by atoms with van der Waals surface area (Å²) in [4.78, 5) is 12.8. The number of anilines is 1. The minimum atomic E-state index is -0.262. The van der Waals surface area contributed by atoms with Gasteiger partial charge in [0.05, 0.1) is 13.1 Å². The van der Waals surface area contributed by atoms with E-state index in [0.717, 1.165) is 53.8 Å². The molecule has 0 radical (unpaired) electrons. The lowest BCUT2D eigenvalue weighted by atomic mass is 10.0. The highest BCUT2D eigenvalue weighted by molar-refractivity contribution is 5.93. The zero-order valence-electron chi connectivity index (χ0n) is 15.7. The molecule has 2 aromatic rings. The van der Waals surface area contributed by atoms with Gasteiger partial charge in [0.15, 0.2) is 6.54 Å². The molecule has 0 bridgehead atoms. The minimum absolute atomic E-state index is 0.0145. The van der Waals surface area contributed by atoms with Crippen LogP contribution in [0, 0.1) is 19.7 Å². The summed E-state index contributed by atoms with van der Waals surface area (Å²) in [6.45, 7) is 7.08. The van der Waals surface area contributed by atoms with Crippen molar-refractivity contribution in [3.63, 3.8) is 0 Å². The first-order valence-corrected chi connectivity index (χ1v) is 9.43. The fourth-order valence-electron chi connectivity index (χ4n) is 4.12. The fourth-order valence-corrected chi connectivity index (χ4v) is 4.12. The Morgan fingerprint density at radius 1 is 1.04 bits per heavy atom. The molecule has 4 heteroatoms. The van der Waals surface area contributed by atoms with Gasteiger partial charge >= 0.3 is 0 Å². The molecule has 138 valence electrons. The van der Waals surface area contributed by atoms with Gasteiger partial charge in [-0.1, -0.05) is 30.3 Å². The molecule has 1 aliphatic rings. The van der Waals surface area contributed by atoms with E-state index in [9.17, 15) is 9.18 Å². The lowest BCUT2D eigenvalue weighted by molar-refractivity contribution is -0.937. The maximum absolute atomic E-state index is 13.5. The zero-order chi connectivity index (χ0) is 18.6. The van der Waals surface area contributed by atoms with Crippen molar-refractivity contribution in [3.8, 4) is 0 Å². The standard InChI is InChI=1S/C22H27FN2O/c1-17-13-20(23)14-18(2)22(17)24-21(26)16-25(11-7-4-8-12-25)15-19-9-5-3-6-10-19/h3,5-6,9-10,13-14H,4,7-8,11-12,15-16H2,1-2H3/p+1. The van der Waals surface area contributed by atoms with Gasteiger partial charge in [0.25, 0.3) is 5.91 Å². The molecule has 1 heterocycles. The quantitative estimate of drug-likeness (QED) is 0.782. The molecule has 3 nitrogen and oxygen atoms in total. The Morgan fingerprint density at radius 2 is 1.65 bits per heavy atom. The van der Waals surface area contributed by atoms with Gasteiger partial charge in [0.1, 0.15) is 12.4 Å². The molecule has 26 heavy (non-hydrogen) atoms. The molecule has 1 saturated heterocycles. The first-order valence-electron chi connectivity index (χ1n) is 9.43. The predicted molar refractivity (Wildman–Crippen MR) is 103 cm³/mol. The molecule has 0 spiro atoms. The van der Waals surface area contributed by atoms with Crippen molar-refractivity contribution in [1.82, 2.24) is 0 Å². The number of carbonyl (C=O) groups is 1. The molecule has 0 atom stereocenters. The van der Waals surface area contributed by atoms with Crippen LogP contribution in [0.15, 0.2) is 42.5 Å². The molecule has 0 aromatic heterocycles. The molecule has 0 saturated carbocycles. The van der Waals surface area contributed by atoms with E-state index in [1.807, 2.05) is 19.9 Å². The van der Waals surface area contributed by atoms with Gasteiger partial charge < -0.3 is 9.80 Å². The van der Waals surface area contributed by atoms with Crippen molar-refractivity contribution in [2.24, 2.45) is 0 Å². The molecule has 0 aliphatic carbocycles. The molecule has 1 fully saturated rings. The van der Waals surface area contributed by atoms with E-state index in [1.165, 1.54) is 24.1 Å². The topological polar surface area (TPSA) is 29.1 Å². The van der Waals surface area contributed by atoms with Crippen molar-refractivity contribution in [2.75, 3.05) is 25.0 Å². The summed E-state index contributed by atoms with van der Waals surface area (Å²) >= 11 is 0. The summed E-state index contributed by atoms with van der Waals surface area (Å²) in [5.41, 5.74) is 3.55. The molecule has 3 rings (SSSR count). The van der Waals surface area contributed by atoms with Gasteiger partial charge in [-0.2, -0.15) is 0 Å². The van der Waals surface area contributed by atoms with Crippen LogP contribution >= 0.6 is 0 Å². The first-order chi connectivity index (χ1) is 12.5. The fraction of sp³-hybridized carbons (Fsp3) is 0.409.